The predicted octanol–water partition coefficient (Wildman–Crippen LogP) is 5.60. The van der Waals surface area contributed by atoms with Gasteiger partial charge in [0.1, 0.15) is 17.3 Å². The van der Waals surface area contributed by atoms with Gasteiger partial charge in [-0.15, -0.1) is 0 Å². The standard InChI is InChI=1S/C30H28N2O5/c1-4-16-37-21-14-12-19(13-15-21)28(33)26-27(24-18-31(2)25-11-6-5-10-23(24)25)32(30(35)29(26)34)20-8-7-9-22(17-20)36-3/h5-15,17-18,27,33H,4,16H2,1-3H3/b28-26+. The van der Waals surface area contributed by atoms with Crippen molar-refractivity contribution in [3.8, 4) is 11.5 Å². The zero-order valence-corrected chi connectivity index (χ0v) is 21.0. The first-order valence-electron chi connectivity index (χ1n) is 12.2. The van der Waals surface area contributed by atoms with E-state index in [2.05, 4.69) is 0 Å². The largest absolute Gasteiger partial charge is 0.507 e. The number of hydrogen-bond donors (Lipinski definition) is 1. The number of aliphatic hydroxyl groups is 1. The van der Waals surface area contributed by atoms with E-state index in [-0.39, 0.29) is 11.3 Å². The number of carbonyl (C=O) groups excluding carboxylic acids is 2. The second-order valence-corrected chi connectivity index (χ2v) is 8.96. The second kappa shape index (κ2) is 9.85. The van der Waals surface area contributed by atoms with Crippen LogP contribution in [0.3, 0.4) is 0 Å². The summed E-state index contributed by atoms with van der Waals surface area (Å²) in [6, 6.07) is 20.8. The van der Waals surface area contributed by atoms with Crippen LogP contribution in [0, 0.1) is 0 Å². The number of Topliss-reactive ketones (excluding diaryl/α,β-unsaturated/α-hetero) is 1. The first-order valence-corrected chi connectivity index (χ1v) is 12.2. The number of amides is 1. The van der Waals surface area contributed by atoms with Gasteiger partial charge in [0.25, 0.3) is 11.7 Å². The molecule has 37 heavy (non-hydrogen) atoms. The number of aliphatic hydroxyl groups excluding tert-OH is 1. The third-order valence-electron chi connectivity index (χ3n) is 6.60. The lowest BCUT2D eigenvalue weighted by Crippen LogP contribution is -2.29. The summed E-state index contributed by atoms with van der Waals surface area (Å²) < 4.78 is 13.0. The molecule has 1 aliphatic rings. The van der Waals surface area contributed by atoms with Crippen molar-refractivity contribution in [3.63, 3.8) is 0 Å². The number of hydrogen-bond acceptors (Lipinski definition) is 5. The summed E-state index contributed by atoms with van der Waals surface area (Å²) in [4.78, 5) is 28.5. The molecule has 1 N–H and O–H groups in total. The van der Waals surface area contributed by atoms with Crippen molar-refractivity contribution in [2.75, 3.05) is 18.6 Å². The Bertz CT molecular complexity index is 1520. The van der Waals surface area contributed by atoms with Gasteiger partial charge in [-0.25, -0.2) is 0 Å². The highest BCUT2D eigenvalue weighted by molar-refractivity contribution is 6.52. The first-order chi connectivity index (χ1) is 17.9. The Hall–Kier alpha value is -4.52. The number of aryl methyl sites for hydroxylation is 1. The number of fused-ring (bicyclic) bond motifs is 1. The molecule has 2 heterocycles. The minimum Gasteiger partial charge on any atom is -0.507 e. The molecule has 1 aliphatic heterocycles. The first kappa shape index (κ1) is 24.2. The number of anilines is 1. The molecule has 5 rings (SSSR count). The molecule has 0 aliphatic carbocycles. The van der Waals surface area contributed by atoms with Crippen LogP contribution in [-0.4, -0.2) is 35.1 Å². The van der Waals surface area contributed by atoms with Crippen molar-refractivity contribution in [2.45, 2.75) is 19.4 Å². The van der Waals surface area contributed by atoms with Gasteiger partial charge in [-0.2, -0.15) is 0 Å². The molecule has 1 amide bonds. The summed E-state index contributed by atoms with van der Waals surface area (Å²) in [7, 11) is 3.46. The minimum absolute atomic E-state index is 0.0337. The van der Waals surface area contributed by atoms with Crippen molar-refractivity contribution in [3.05, 3.63) is 95.7 Å². The lowest BCUT2D eigenvalue weighted by molar-refractivity contribution is -0.132. The molecule has 1 fully saturated rings. The fourth-order valence-electron chi connectivity index (χ4n) is 4.83. The van der Waals surface area contributed by atoms with E-state index in [4.69, 9.17) is 9.47 Å². The number of para-hydroxylation sites is 1. The molecule has 0 spiro atoms. The van der Waals surface area contributed by atoms with Gasteiger partial charge in [-0.3, -0.25) is 14.5 Å². The molecule has 1 unspecified atom stereocenters. The number of ketones is 1. The highest BCUT2D eigenvalue weighted by atomic mass is 16.5. The van der Waals surface area contributed by atoms with E-state index in [0.717, 1.165) is 22.9 Å². The second-order valence-electron chi connectivity index (χ2n) is 8.96. The molecule has 4 aromatic rings. The van der Waals surface area contributed by atoms with Gasteiger partial charge in [0, 0.05) is 47.0 Å². The Morgan fingerprint density at radius 1 is 0.973 bits per heavy atom. The molecule has 3 aromatic carbocycles. The normalized spacial score (nSPS) is 16.9. The summed E-state index contributed by atoms with van der Waals surface area (Å²) in [5.41, 5.74) is 2.65. The number of methoxy groups -OCH3 is 1. The summed E-state index contributed by atoms with van der Waals surface area (Å²) in [5.74, 6) is -0.469. The minimum atomic E-state index is -0.839. The smallest absolute Gasteiger partial charge is 0.300 e. The third-order valence-corrected chi connectivity index (χ3v) is 6.60. The average Bonchev–Trinajstić information content (AvgIpc) is 3.40. The van der Waals surface area contributed by atoms with Gasteiger partial charge in [0.15, 0.2) is 0 Å². The maximum Gasteiger partial charge on any atom is 0.300 e. The number of ether oxygens (including phenoxy) is 2. The fraction of sp³-hybridized carbons (Fsp3) is 0.200. The molecular weight excluding hydrogens is 468 g/mol. The molecule has 1 saturated heterocycles. The summed E-state index contributed by atoms with van der Waals surface area (Å²) in [5, 5.41) is 12.3. The third kappa shape index (κ3) is 4.22. The van der Waals surface area contributed by atoms with E-state index in [1.54, 1.807) is 55.6 Å². The van der Waals surface area contributed by atoms with E-state index in [1.165, 1.54) is 4.90 Å². The Balaban J connectivity index is 1.71. The van der Waals surface area contributed by atoms with Crippen LogP contribution in [0.1, 0.15) is 30.5 Å². The summed E-state index contributed by atoms with van der Waals surface area (Å²) in [6.07, 6.45) is 2.78. The van der Waals surface area contributed by atoms with Crippen LogP contribution in [0.15, 0.2) is 84.6 Å². The van der Waals surface area contributed by atoms with Crippen LogP contribution in [0.4, 0.5) is 5.69 Å². The Labute approximate surface area is 215 Å². The van der Waals surface area contributed by atoms with Crippen LogP contribution < -0.4 is 14.4 Å². The number of benzene rings is 3. The monoisotopic (exact) mass is 496 g/mol. The van der Waals surface area contributed by atoms with Gasteiger partial charge in [0.2, 0.25) is 0 Å². The Morgan fingerprint density at radius 3 is 2.46 bits per heavy atom. The number of aromatic nitrogens is 1. The highest BCUT2D eigenvalue weighted by Gasteiger charge is 2.48. The average molecular weight is 497 g/mol. The van der Waals surface area contributed by atoms with Crippen LogP contribution in [-0.2, 0) is 16.6 Å². The van der Waals surface area contributed by atoms with Gasteiger partial charge >= 0.3 is 0 Å². The molecule has 0 bridgehead atoms. The van der Waals surface area contributed by atoms with Crippen molar-refractivity contribution < 1.29 is 24.2 Å². The van der Waals surface area contributed by atoms with Crippen molar-refractivity contribution >= 4 is 34.0 Å². The molecule has 0 radical (unpaired) electrons. The maximum absolute atomic E-state index is 13.5. The lowest BCUT2D eigenvalue weighted by Gasteiger charge is -2.25. The molecule has 0 saturated carbocycles. The zero-order chi connectivity index (χ0) is 26.1. The summed E-state index contributed by atoms with van der Waals surface area (Å²) in [6.45, 7) is 2.60. The molecule has 188 valence electrons. The van der Waals surface area contributed by atoms with Gasteiger partial charge < -0.3 is 19.1 Å². The molecule has 1 aromatic heterocycles. The number of carbonyl (C=O) groups is 2. The van der Waals surface area contributed by atoms with Gasteiger partial charge in [-0.05, 0) is 48.9 Å². The quantitative estimate of drug-likeness (QED) is 0.205. The van der Waals surface area contributed by atoms with Crippen LogP contribution in [0.25, 0.3) is 16.7 Å². The molecule has 7 nitrogen and oxygen atoms in total. The van der Waals surface area contributed by atoms with E-state index in [9.17, 15) is 14.7 Å². The zero-order valence-electron chi connectivity index (χ0n) is 21.0. The van der Waals surface area contributed by atoms with Gasteiger partial charge in [-0.1, -0.05) is 31.2 Å². The van der Waals surface area contributed by atoms with Crippen LogP contribution >= 0.6 is 0 Å². The van der Waals surface area contributed by atoms with Gasteiger partial charge in [0.05, 0.1) is 25.3 Å². The summed E-state index contributed by atoms with van der Waals surface area (Å²) >= 11 is 0. The van der Waals surface area contributed by atoms with Crippen LogP contribution in [0.5, 0.6) is 11.5 Å². The maximum atomic E-state index is 13.5. The topological polar surface area (TPSA) is 81.0 Å². The van der Waals surface area contributed by atoms with E-state index in [1.807, 2.05) is 49.0 Å². The number of rotatable bonds is 7. The Kier molecular flexibility index (Phi) is 6.44. The van der Waals surface area contributed by atoms with Crippen molar-refractivity contribution in [2.24, 2.45) is 7.05 Å². The fourth-order valence-corrected chi connectivity index (χ4v) is 4.83. The number of nitrogens with zero attached hydrogens (tertiary/aromatic N) is 2. The van der Waals surface area contributed by atoms with Crippen molar-refractivity contribution in [1.29, 1.82) is 0 Å². The molecular formula is C30H28N2O5. The predicted molar refractivity (Wildman–Crippen MR) is 143 cm³/mol. The van der Waals surface area contributed by atoms with Crippen LogP contribution in [0.2, 0.25) is 0 Å². The highest BCUT2D eigenvalue weighted by Crippen LogP contribution is 2.45. The Morgan fingerprint density at radius 2 is 1.73 bits per heavy atom. The molecule has 1 atom stereocenters. The van der Waals surface area contributed by atoms with E-state index in [0.29, 0.717) is 29.4 Å². The lowest BCUT2D eigenvalue weighted by atomic mass is 9.94. The van der Waals surface area contributed by atoms with E-state index >= 15 is 0 Å². The van der Waals surface area contributed by atoms with Crippen molar-refractivity contribution in [1.82, 2.24) is 4.57 Å². The molecule has 7 heteroatoms. The van der Waals surface area contributed by atoms with E-state index < -0.39 is 17.7 Å². The SMILES string of the molecule is CCCOc1ccc(/C(O)=C2\C(=O)C(=O)N(c3cccc(OC)c3)C2c2cn(C)c3ccccc23)cc1.